The molecule has 2 rings (SSSR count). The topological polar surface area (TPSA) is 64.5 Å². The van der Waals surface area contributed by atoms with E-state index in [2.05, 4.69) is 9.97 Å². The van der Waals surface area contributed by atoms with Crippen molar-refractivity contribution >= 4 is 11.8 Å². The first-order valence-corrected chi connectivity index (χ1v) is 6.00. The zero-order valence-corrected chi connectivity index (χ0v) is 10.6. The fraction of sp³-hybridized carbons (Fsp3) is 0.583. The van der Waals surface area contributed by atoms with Crippen molar-refractivity contribution < 1.29 is 14.3 Å². The van der Waals surface area contributed by atoms with Crippen molar-refractivity contribution in [2.24, 2.45) is 0 Å². The summed E-state index contributed by atoms with van der Waals surface area (Å²) in [6, 6.07) is 1.94. The number of carbonyl (C=O) groups is 1. The fourth-order valence-corrected chi connectivity index (χ4v) is 1.88. The van der Waals surface area contributed by atoms with Gasteiger partial charge in [0.25, 0.3) is 0 Å². The van der Waals surface area contributed by atoms with Gasteiger partial charge in [-0.25, -0.2) is 14.8 Å². The third kappa shape index (κ3) is 2.76. The Labute approximate surface area is 106 Å². The predicted molar refractivity (Wildman–Crippen MR) is 65.4 cm³/mol. The lowest BCUT2D eigenvalue weighted by atomic mass is 10.2. The van der Waals surface area contributed by atoms with E-state index in [-0.39, 0.29) is 5.97 Å². The van der Waals surface area contributed by atoms with Gasteiger partial charge in [-0.05, 0) is 6.42 Å². The number of aromatic nitrogens is 2. The smallest absolute Gasteiger partial charge is 0.336 e. The molecule has 2 heterocycles. The van der Waals surface area contributed by atoms with Crippen molar-refractivity contribution in [3.63, 3.8) is 0 Å². The van der Waals surface area contributed by atoms with Crippen LogP contribution in [0.15, 0.2) is 12.4 Å². The number of esters is 1. The summed E-state index contributed by atoms with van der Waals surface area (Å²) in [6.45, 7) is 3.72. The Bertz CT molecular complexity index is 425. The highest BCUT2D eigenvalue weighted by Gasteiger charge is 2.28. The van der Waals surface area contributed by atoms with Crippen molar-refractivity contribution in [3.8, 4) is 0 Å². The number of methoxy groups -OCH3 is 1. The van der Waals surface area contributed by atoms with Gasteiger partial charge >= 0.3 is 5.97 Å². The third-order valence-electron chi connectivity index (χ3n) is 2.93. The van der Waals surface area contributed by atoms with Crippen LogP contribution in [-0.2, 0) is 20.7 Å². The van der Waals surface area contributed by atoms with Gasteiger partial charge in [-0.15, -0.1) is 0 Å². The van der Waals surface area contributed by atoms with Crippen molar-refractivity contribution in [2.75, 3.05) is 31.7 Å². The second-order valence-electron chi connectivity index (χ2n) is 4.05. The summed E-state index contributed by atoms with van der Waals surface area (Å²) >= 11 is 0. The second kappa shape index (κ2) is 5.77. The molecule has 1 fully saturated rings. The first-order valence-electron chi connectivity index (χ1n) is 6.00. The van der Waals surface area contributed by atoms with E-state index >= 15 is 0 Å². The maximum absolute atomic E-state index is 11.5. The van der Waals surface area contributed by atoms with E-state index in [4.69, 9.17) is 9.47 Å². The molecule has 1 unspecified atom stereocenters. The number of morpholine rings is 1. The third-order valence-corrected chi connectivity index (χ3v) is 2.93. The molecule has 1 aromatic rings. The first-order chi connectivity index (χ1) is 8.74. The van der Waals surface area contributed by atoms with Crippen LogP contribution in [0.25, 0.3) is 0 Å². The molecule has 1 atom stereocenters. The van der Waals surface area contributed by atoms with E-state index in [0.29, 0.717) is 19.7 Å². The number of rotatable bonds is 3. The molecule has 98 valence electrons. The molecule has 1 aliphatic heterocycles. The van der Waals surface area contributed by atoms with Crippen LogP contribution >= 0.6 is 0 Å². The van der Waals surface area contributed by atoms with E-state index in [1.165, 1.54) is 7.11 Å². The number of hydrogen-bond donors (Lipinski definition) is 0. The summed E-state index contributed by atoms with van der Waals surface area (Å²) in [5.41, 5.74) is 0.987. The van der Waals surface area contributed by atoms with Crippen LogP contribution in [0, 0.1) is 0 Å². The second-order valence-corrected chi connectivity index (χ2v) is 4.05. The SMILES string of the molecule is CCc1cc(N2CCOC(C(=O)OC)C2)ncn1. The molecule has 0 saturated carbocycles. The summed E-state index contributed by atoms with van der Waals surface area (Å²) in [6.07, 6.45) is 1.88. The molecule has 0 spiro atoms. The normalized spacial score (nSPS) is 19.7. The average molecular weight is 251 g/mol. The van der Waals surface area contributed by atoms with Crippen LogP contribution in [-0.4, -0.2) is 48.8 Å². The zero-order valence-electron chi connectivity index (χ0n) is 10.6. The number of aryl methyl sites for hydroxylation is 1. The van der Waals surface area contributed by atoms with E-state index in [1.807, 2.05) is 17.9 Å². The van der Waals surface area contributed by atoms with Gasteiger partial charge in [0.05, 0.1) is 20.3 Å². The molecule has 6 heteroatoms. The standard InChI is InChI=1S/C12H17N3O3/c1-3-9-6-11(14-8-13-9)15-4-5-18-10(7-15)12(16)17-2/h6,8,10H,3-5,7H2,1-2H3. The molecule has 0 amide bonds. The predicted octanol–water partition coefficient (Wildman–Crippen LogP) is 0.417. The largest absolute Gasteiger partial charge is 0.467 e. The van der Waals surface area contributed by atoms with Crippen LogP contribution in [0.2, 0.25) is 0 Å². The van der Waals surface area contributed by atoms with Crippen molar-refractivity contribution in [3.05, 3.63) is 18.1 Å². The quantitative estimate of drug-likeness (QED) is 0.725. The minimum atomic E-state index is -0.538. The Hall–Kier alpha value is -1.69. The van der Waals surface area contributed by atoms with Gasteiger partial charge in [-0.2, -0.15) is 0 Å². The van der Waals surface area contributed by atoms with Crippen LogP contribution in [0.5, 0.6) is 0 Å². The summed E-state index contributed by atoms with van der Waals surface area (Å²) in [5.74, 6) is 0.489. The monoisotopic (exact) mass is 251 g/mol. The molecule has 0 N–H and O–H groups in total. The molecule has 0 radical (unpaired) electrons. The highest BCUT2D eigenvalue weighted by atomic mass is 16.6. The molecular formula is C12H17N3O3. The number of carbonyl (C=O) groups excluding carboxylic acids is 1. The van der Waals surface area contributed by atoms with E-state index in [0.717, 1.165) is 17.9 Å². The Morgan fingerprint density at radius 1 is 1.61 bits per heavy atom. The molecule has 0 aromatic carbocycles. The fourth-order valence-electron chi connectivity index (χ4n) is 1.88. The highest BCUT2D eigenvalue weighted by Crippen LogP contribution is 2.16. The lowest BCUT2D eigenvalue weighted by Crippen LogP contribution is -2.46. The number of nitrogens with zero attached hydrogens (tertiary/aromatic N) is 3. The number of anilines is 1. The molecule has 1 aliphatic rings. The maximum atomic E-state index is 11.5. The molecule has 6 nitrogen and oxygen atoms in total. The van der Waals surface area contributed by atoms with Crippen molar-refractivity contribution in [1.82, 2.24) is 9.97 Å². The maximum Gasteiger partial charge on any atom is 0.336 e. The molecule has 18 heavy (non-hydrogen) atoms. The molecular weight excluding hydrogens is 234 g/mol. The van der Waals surface area contributed by atoms with Gasteiger partial charge in [0.2, 0.25) is 0 Å². The molecule has 0 aliphatic carbocycles. The summed E-state index contributed by atoms with van der Waals surface area (Å²) in [5, 5.41) is 0. The number of hydrogen-bond acceptors (Lipinski definition) is 6. The minimum absolute atomic E-state index is 0.343. The summed E-state index contributed by atoms with van der Waals surface area (Å²) in [4.78, 5) is 21.9. The Kier molecular flexibility index (Phi) is 4.09. The van der Waals surface area contributed by atoms with Crippen LogP contribution in [0.4, 0.5) is 5.82 Å². The van der Waals surface area contributed by atoms with Gasteiger partial charge in [-0.3, -0.25) is 0 Å². The van der Waals surface area contributed by atoms with Gasteiger partial charge in [0, 0.05) is 18.3 Å². The van der Waals surface area contributed by atoms with Crippen LogP contribution in [0.3, 0.4) is 0 Å². The average Bonchev–Trinajstić information content (AvgIpc) is 2.46. The highest BCUT2D eigenvalue weighted by molar-refractivity contribution is 5.75. The van der Waals surface area contributed by atoms with Gasteiger partial charge in [-0.1, -0.05) is 6.92 Å². The Balaban J connectivity index is 2.10. The molecule has 0 bridgehead atoms. The molecule has 1 aromatic heterocycles. The van der Waals surface area contributed by atoms with Crippen LogP contribution < -0.4 is 4.90 Å². The molecule has 1 saturated heterocycles. The summed E-state index contributed by atoms with van der Waals surface area (Å²) < 4.78 is 10.1. The minimum Gasteiger partial charge on any atom is -0.467 e. The van der Waals surface area contributed by atoms with E-state index in [1.54, 1.807) is 6.33 Å². The van der Waals surface area contributed by atoms with Gasteiger partial charge in [0.15, 0.2) is 6.10 Å². The van der Waals surface area contributed by atoms with Gasteiger partial charge < -0.3 is 14.4 Å². The van der Waals surface area contributed by atoms with E-state index in [9.17, 15) is 4.79 Å². The first kappa shape index (κ1) is 12.8. The van der Waals surface area contributed by atoms with Crippen molar-refractivity contribution in [2.45, 2.75) is 19.4 Å². The lowest BCUT2D eigenvalue weighted by Gasteiger charge is -2.32. The Morgan fingerprint density at radius 2 is 2.44 bits per heavy atom. The van der Waals surface area contributed by atoms with Crippen molar-refractivity contribution in [1.29, 1.82) is 0 Å². The number of ether oxygens (including phenoxy) is 2. The van der Waals surface area contributed by atoms with Crippen LogP contribution in [0.1, 0.15) is 12.6 Å². The Morgan fingerprint density at radius 3 is 3.17 bits per heavy atom. The van der Waals surface area contributed by atoms with Gasteiger partial charge in [0.1, 0.15) is 12.1 Å². The van der Waals surface area contributed by atoms with E-state index < -0.39 is 6.10 Å². The lowest BCUT2D eigenvalue weighted by molar-refractivity contribution is -0.154. The zero-order chi connectivity index (χ0) is 13.0. The summed E-state index contributed by atoms with van der Waals surface area (Å²) in [7, 11) is 1.37.